The first-order chi connectivity index (χ1) is 14.8. The lowest BCUT2D eigenvalue weighted by molar-refractivity contribution is 0.145. The van der Waals surface area contributed by atoms with Crippen LogP contribution in [0.25, 0.3) is 5.65 Å². The van der Waals surface area contributed by atoms with Crippen molar-refractivity contribution in [2.75, 3.05) is 33.4 Å². The molecule has 2 heterocycles. The molecule has 0 aliphatic rings. The molecule has 0 spiro atoms. The highest BCUT2D eigenvalue weighted by Gasteiger charge is 2.03. The van der Waals surface area contributed by atoms with E-state index in [4.69, 9.17) is 14.5 Å². The lowest BCUT2D eigenvalue weighted by Gasteiger charge is -2.12. The molecule has 0 fully saturated rings. The molecule has 2 N–H and O–H groups in total. The van der Waals surface area contributed by atoms with E-state index in [1.807, 2.05) is 60.0 Å². The number of aliphatic imine (C=N–C) groups is 1. The standard InChI is InChI=1S/C23H31N5O2.HI/c1-3-30-16-6-13-24-23(26-17-19-8-10-21(29-2)11-9-19)25-14-12-20-18-28-15-5-4-7-22(28)27-20;/h4-5,7-11,15,18H,3,6,12-14,16-17H2,1-2H3,(H2,24,25,26);1H. The van der Waals surface area contributed by atoms with Crippen LogP contribution in [0.5, 0.6) is 5.75 Å². The van der Waals surface area contributed by atoms with Gasteiger partial charge in [-0.2, -0.15) is 0 Å². The summed E-state index contributed by atoms with van der Waals surface area (Å²) in [5.74, 6) is 1.65. The smallest absolute Gasteiger partial charge is 0.191 e. The van der Waals surface area contributed by atoms with E-state index in [0.29, 0.717) is 6.54 Å². The maximum atomic E-state index is 5.41. The van der Waals surface area contributed by atoms with Crippen LogP contribution in [0.3, 0.4) is 0 Å². The van der Waals surface area contributed by atoms with E-state index in [1.54, 1.807) is 7.11 Å². The maximum Gasteiger partial charge on any atom is 0.191 e. The summed E-state index contributed by atoms with van der Waals surface area (Å²) in [4.78, 5) is 9.38. The first-order valence-electron chi connectivity index (χ1n) is 10.4. The van der Waals surface area contributed by atoms with Gasteiger partial charge in [-0.15, -0.1) is 24.0 Å². The predicted molar refractivity (Wildman–Crippen MR) is 136 cm³/mol. The van der Waals surface area contributed by atoms with Crippen LogP contribution < -0.4 is 15.4 Å². The molecular weight excluding hydrogens is 505 g/mol. The van der Waals surface area contributed by atoms with Crippen molar-refractivity contribution in [3.8, 4) is 5.75 Å². The van der Waals surface area contributed by atoms with E-state index >= 15 is 0 Å². The molecule has 168 valence electrons. The van der Waals surface area contributed by atoms with Gasteiger partial charge in [-0.3, -0.25) is 0 Å². The fraction of sp³-hybridized carbons (Fsp3) is 0.391. The lowest BCUT2D eigenvalue weighted by Crippen LogP contribution is -2.39. The summed E-state index contributed by atoms with van der Waals surface area (Å²) in [6.07, 6.45) is 5.84. The molecule has 1 aromatic carbocycles. The molecular formula is C23H32IN5O2. The van der Waals surface area contributed by atoms with Crippen LogP contribution in [0.15, 0.2) is 59.9 Å². The molecule has 3 rings (SSSR count). The number of halogens is 1. The van der Waals surface area contributed by atoms with Crippen molar-refractivity contribution in [1.82, 2.24) is 20.0 Å². The predicted octanol–water partition coefficient (Wildman–Crippen LogP) is 3.67. The molecule has 0 atom stereocenters. The number of nitrogens with one attached hydrogen (secondary N) is 2. The van der Waals surface area contributed by atoms with Crippen LogP contribution in [0.2, 0.25) is 0 Å². The Hall–Kier alpha value is -2.33. The average Bonchev–Trinajstić information content (AvgIpc) is 3.20. The number of benzene rings is 1. The number of nitrogens with zero attached hydrogens (tertiary/aromatic N) is 3. The second-order valence-electron chi connectivity index (χ2n) is 6.87. The molecule has 7 nitrogen and oxygen atoms in total. The molecule has 31 heavy (non-hydrogen) atoms. The Morgan fingerprint density at radius 3 is 2.65 bits per heavy atom. The van der Waals surface area contributed by atoms with Gasteiger partial charge in [0.2, 0.25) is 0 Å². The Labute approximate surface area is 201 Å². The van der Waals surface area contributed by atoms with Gasteiger partial charge in [0.25, 0.3) is 0 Å². The minimum Gasteiger partial charge on any atom is -0.497 e. The Kier molecular flexibility index (Phi) is 11.2. The number of imidazole rings is 1. The molecule has 0 amide bonds. The van der Waals surface area contributed by atoms with E-state index in [1.165, 1.54) is 0 Å². The zero-order chi connectivity index (χ0) is 21.0. The molecule has 8 heteroatoms. The molecule has 0 aliphatic carbocycles. The van der Waals surface area contributed by atoms with Gasteiger partial charge >= 0.3 is 0 Å². The second kappa shape index (κ2) is 13.9. The lowest BCUT2D eigenvalue weighted by atomic mass is 10.2. The third-order valence-electron chi connectivity index (χ3n) is 4.63. The van der Waals surface area contributed by atoms with Crippen molar-refractivity contribution in [2.45, 2.75) is 26.3 Å². The summed E-state index contributed by atoms with van der Waals surface area (Å²) in [6, 6.07) is 14.0. The summed E-state index contributed by atoms with van der Waals surface area (Å²) in [7, 11) is 1.67. The minimum atomic E-state index is 0. The summed E-state index contributed by atoms with van der Waals surface area (Å²) < 4.78 is 12.7. The van der Waals surface area contributed by atoms with E-state index in [2.05, 4.69) is 21.8 Å². The molecule has 0 saturated carbocycles. The van der Waals surface area contributed by atoms with Crippen molar-refractivity contribution in [1.29, 1.82) is 0 Å². The maximum absolute atomic E-state index is 5.41. The molecule has 0 radical (unpaired) electrons. The SMILES string of the molecule is CCOCCCNC(=NCc1ccc(OC)cc1)NCCc1cn2ccccc2n1.I. The monoisotopic (exact) mass is 537 g/mol. The average molecular weight is 537 g/mol. The third-order valence-corrected chi connectivity index (χ3v) is 4.63. The first kappa shape index (κ1) is 24.9. The highest BCUT2D eigenvalue weighted by atomic mass is 127. The molecule has 0 bridgehead atoms. The first-order valence-corrected chi connectivity index (χ1v) is 10.4. The zero-order valence-electron chi connectivity index (χ0n) is 18.2. The van der Waals surface area contributed by atoms with E-state index in [0.717, 1.165) is 67.8 Å². The van der Waals surface area contributed by atoms with Gasteiger partial charge in [0, 0.05) is 45.1 Å². The van der Waals surface area contributed by atoms with Crippen molar-refractivity contribution in [2.24, 2.45) is 4.99 Å². The fourth-order valence-electron chi connectivity index (χ4n) is 3.02. The molecule has 0 aliphatic heterocycles. The van der Waals surface area contributed by atoms with Gasteiger partial charge < -0.3 is 24.5 Å². The van der Waals surface area contributed by atoms with Crippen molar-refractivity contribution in [3.05, 3.63) is 66.1 Å². The Balaban J connectivity index is 0.00000341. The second-order valence-corrected chi connectivity index (χ2v) is 6.87. The normalized spacial score (nSPS) is 11.2. The summed E-state index contributed by atoms with van der Waals surface area (Å²) in [6.45, 7) is 5.66. The molecule has 0 saturated heterocycles. The molecule has 3 aromatic rings. The number of rotatable bonds is 11. The van der Waals surface area contributed by atoms with Crippen LogP contribution in [-0.4, -0.2) is 48.8 Å². The van der Waals surface area contributed by atoms with Gasteiger partial charge in [0.1, 0.15) is 11.4 Å². The Bertz CT molecular complexity index is 894. The van der Waals surface area contributed by atoms with E-state index in [-0.39, 0.29) is 24.0 Å². The molecule has 0 unspecified atom stereocenters. The van der Waals surface area contributed by atoms with Crippen LogP contribution in [0.4, 0.5) is 0 Å². The number of fused-ring (bicyclic) bond motifs is 1. The minimum absolute atomic E-state index is 0. The topological polar surface area (TPSA) is 72.2 Å². The largest absolute Gasteiger partial charge is 0.497 e. The van der Waals surface area contributed by atoms with Crippen LogP contribution in [0, 0.1) is 0 Å². The number of hydrogen-bond donors (Lipinski definition) is 2. The van der Waals surface area contributed by atoms with Gasteiger partial charge in [-0.05, 0) is 43.2 Å². The van der Waals surface area contributed by atoms with Crippen LogP contribution in [0.1, 0.15) is 24.6 Å². The number of pyridine rings is 1. The zero-order valence-corrected chi connectivity index (χ0v) is 20.5. The van der Waals surface area contributed by atoms with Crippen molar-refractivity contribution < 1.29 is 9.47 Å². The van der Waals surface area contributed by atoms with Crippen molar-refractivity contribution >= 4 is 35.6 Å². The van der Waals surface area contributed by atoms with E-state index < -0.39 is 0 Å². The van der Waals surface area contributed by atoms with Gasteiger partial charge in [-0.25, -0.2) is 9.98 Å². The quantitative estimate of drug-likeness (QED) is 0.169. The highest BCUT2D eigenvalue weighted by Crippen LogP contribution is 2.11. The number of aromatic nitrogens is 2. The Morgan fingerprint density at radius 1 is 1.10 bits per heavy atom. The Morgan fingerprint density at radius 2 is 1.90 bits per heavy atom. The van der Waals surface area contributed by atoms with Gasteiger partial charge in [-0.1, -0.05) is 18.2 Å². The van der Waals surface area contributed by atoms with Gasteiger partial charge in [0.15, 0.2) is 5.96 Å². The third kappa shape index (κ3) is 8.37. The van der Waals surface area contributed by atoms with Crippen LogP contribution in [-0.2, 0) is 17.7 Å². The fourth-order valence-corrected chi connectivity index (χ4v) is 3.02. The highest BCUT2D eigenvalue weighted by molar-refractivity contribution is 14.0. The van der Waals surface area contributed by atoms with Crippen molar-refractivity contribution in [3.63, 3.8) is 0 Å². The summed E-state index contributed by atoms with van der Waals surface area (Å²) >= 11 is 0. The number of methoxy groups -OCH3 is 1. The summed E-state index contributed by atoms with van der Waals surface area (Å²) in [5, 5.41) is 6.81. The number of hydrogen-bond acceptors (Lipinski definition) is 4. The summed E-state index contributed by atoms with van der Waals surface area (Å²) in [5.41, 5.74) is 3.15. The number of ether oxygens (including phenoxy) is 2. The molecule has 2 aromatic heterocycles. The number of guanidine groups is 1. The van der Waals surface area contributed by atoms with Crippen LogP contribution >= 0.6 is 24.0 Å². The van der Waals surface area contributed by atoms with Gasteiger partial charge in [0.05, 0.1) is 19.3 Å². The van der Waals surface area contributed by atoms with E-state index in [9.17, 15) is 0 Å².